The SMILES string of the molecule is CC1CC(NCCCCCCNC2=C(C#N)C(=C(C#N)C#N)C(C)C2)=C(C#N)C1=C(C#N)C#N. The highest BCUT2D eigenvalue weighted by Gasteiger charge is 2.30. The Labute approximate surface area is 201 Å². The monoisotopic (exact) mass is 450 g/mol. The van der Waals surface area contributed by atoms with Gasteiger partial charge in [-0.25, -0.2) is 0 Å². The van der Waals surface area contributed by atoms with Crippen LogP contribution in [0, 0.1) is 79.8 Å². The Hall–Kier alpha value is -4.50. The first-order chi connectivity index (χ1) is 16.5. The standard InChI is InChI=1S/C26H26N8/c1-17-9-23(21(15-31)25(17)19(11-27)12-28)33-7-5-3-4-6-8-34-24-10-18(2)26(22(24)16-32)20(13-29)14-30/h17-18,33-34H,3-10H2,1-2H3. The second-order valence-electron chi connectivity index (χ2n) is 8.43. The molecular formula is C26H26N8. The third kappa shape index (κ3) is 5.64. The summed E-state index contributed by atoms with van der Waals surface area (Å²) < 4.78 is 0. The van der Waals surface area contributed by atoms with Crippen LogP contribution in [-0.4, -0.2) is 13.1 Å². The van der Waals surface area contributed by atoms with Crippen molar-refractivity contribution >= 4 is 0 Å². The molecule has 0 radical (unpaired) electrons. The maximum Gasteiger partial charge on any atom is 0.134 e. The van der Waals surface area contributed by atoms with Crippen LogP contribution in [0.1, 0.15) is 52.4 Å². The van der Waals surface area contributed by atoms with Crippen LogP contribution in [0.5, 0.6) is 0 Å². The molecule has 0 bridgehead atoms. The first-order valence-electron chi connectivity index (χ1n) is 11.3. The van der Waals surface area contributed by atoms with Gasteiger partial charge in [0.2, 0.25) is 0 Å². The minimum atomic E-state index is -0.0313. The van der Waals surface area contributed by atoms with E-state index in [4.69, 9.17) is 21.0 Å². The fraction of sp³-hybridized carbons (Fsp3) is 0.462. The largest absolute Gasteiger partial charge is 0.387 e. The second-order valence-corrected chi connectivity index (χ2v) is 8.43. The lowest BCUT2D eigenvalue weighted by atomic mass is 9.96. The van der Waals surface area contributed by atoms with Crippen LogP contribution in [0.25, 0.3) is 0 Å². The summed E-state index contributed by atoms with van der Waals surface area (Å²) in [6, 6.07) is 11.9. The maximum atomic E-state index is 9.52. The van der Waals surface area contributed by atoms with Gasteiger partial charge in [-0.15, -0.1) is 0 Å². The fourth-order valence-electron chi connectivity index (χ4n) is 4.53. The van der Waals surface area contributed by atoms with Crippen molar-refractivity contribution < 1.29 is 0 Å². The van der Waals surface area contributed by atoms with Crippen molar-refractivity contribution in [2.24, 2.45) is 11.8 Å². The van der Waals surface area contributed by atoms with E-state index in [9.17, 15) is 10.5 Å². The molecule has 2 atom stereocenters. The zero-order chi connectivity index (χ0) is 25.1. The van der Waals surface area contributed by atoms with Crippen molar-refractivity contribution in [1.82, 2.24) is 10.6 Å². The van der Waals surface area contributed by atoms with Gasteiger partial charge in [0.15, 0.2) is 0 Å². The van der Waals surface area contributed by atoms with Gasteiger partial charge in [-0.1, -0.05) is 26.7 Å². The molecule has 2 unspecified atom stereocenters. The van der Waals surface area contributed by atoms with E-state index in [0.29, 0.717) is 48.2 Å². The summed E-state index contributed by atoms with van der Waals surface area (Å²) in [5, 5.41) is 62.3. The molecule has 8 heteroatoms. The average Bonchev–Trinajstić information content (AvgIpc) is 3.33. The van der Waals surface area contributed by atoms with Crippen molar-refractivity contribution in [2.75, 3.05) is 13.1 Å². The number of nitrogens with one attached hydrogen (secondary N) is 2. The zero-order valence-corrected chi connectivity index (χ0v) is 19.5. The summed E-state index contributed by atoms with van der Waals surface area (Å²) in [7, 11) is 0. The number of hydrogen-bond donors (Lipinski definition) is 2. The smallest absolute Gasteiger partial charge is 0.134 e. The van der Waals surface area contributed by atoms with Gasteiger partial charge in [0.25, 0.3) is 0 Å². The first-order valence-corrected chi connectivity index (χ1v) is 11.3. The Morgan fingerprint density at radius 2 is 1.00 bits per heavy atom. The van der Waals surface area contributed by atoms with Crippen molar-refractivity contribution in [3.8, 4) is 36.4 Å². The van der Waals surface area contributed by atoms with Gasteiger partial charge in [-0.05, 0) is 37.5 Å². The van der Waals surface area contributed by atoms with Crippen molar-refractivity contribution in [3.05, 3.63) is 44.8 Å². The quantitative estimate of drug-likeness (QED) is 0.392. The van der Waals surface area contributed by atoms with Crippen molar-refractivity contribution in [2.45, 2.75) is 52.4 Å². The zero-order valence-electron chi connectivity index (χ0n) is 19.5. The molecule has 0 saturated heterocycles. The van der Waals surface area contributed by atoms with E-state index in [1.807, 2.05) is 38.1 Å². The number of allylic oxidation sites excluding steroid dienone is 8. The average molecular weight is 451 g/mol. The number of nitriles is 6. The predicted molar refractivity (Wildman–Crippen MR) is 124 cm³/mol. The maximum absolute atomic E-state index is 9.52. The Kier molecular flexibility index (Phi) is 9.48. The van der Waals surface area contributed by atoms with E-state index in [1.165, 1.54) is 0 Å². The lowest BCUT2D eigenvalue weighted by Crippen LogP contribution is -2.16. The Bertz CT molecular complexity index is 1070. The summed E-state index contributed by atoms with van der Waals surface area (Å²) in [6.45, 7) is 5.26. The molecule has 0 spiro atoms. The van der Waals surface area contributed by atoms with Crippen LogP contribution < -0.4 is 10.6 Å². The minimum Gasteiger partial charge on any atom is -0.387 e. The predicted octanol–water partition coefficient (Wildman–Crippen LogP) is 4.05. The van der Waals surface area contributed by atoms with Crippen LogP contribution in [0.15, 0.2) is 44.8 Å². The van der Waals surface area contributed by atoms with E-state index in [-0.39, 0.29) is 23.0 Å². The highest BCUT2D eigenvalue weighted by Crippen LogP contribution is 2.37. The molecule has 34 heavy (non-hydrogen) atoms. The number of nitrogens with zero attached hydrogens (tertiary/aromatic N) is 6. The summed E-state index contributed by atoms with van der Waals surface area (Å²) in [6.07, 6.45) is 5.06. The third-order valence-corrected chi connectivity index (χ3v) is 6.14. The Morgan fingerprint density at radius 3 is 1.29 bits per heavy atom. The first kappa shape index (κ1) is 25.8. The Balaban J connectivity index is 1.81. The van der Waals surface area contributed by atoms with Gasteiger partial charge in [-0.3, -0.25) is 0 Å². The normalized spacial score (nSPS) is 18.8. The van der Waals surface area contributed by atoms with Crippen LogP contribution in [0.4, 0.5) is 0 Å². The molecule has 2 N–H and O–H groups in total. The number of rotatable bonds is 9. The summed E-state index contributed by atoms with van der Waals surface area (Å²) in [5.41, 5.74) is 3.57. The molecule has 170 valence electrons. The molecule has 0 aromatic carbocycles. The lowest BCUT2D eigenvalue weighted by Gasteiger charge is -2.09. The van der Waals surface area contributed by atoms with Gasteiger partial charge in [-0.2, -0.15) is 31.6 Å². The van der Waals surface area contributed by atoms with E-state index >= 15 is 0 Å². The highest BCUT2D eigenvalue weighted by molar-refractivity contribution is 5.60. The molecule has 0 saturated carbocycles. The van der Waals surface area contributed by atoms with E-state index in [2.05, 4.69) is 22.8 Å². The third-order valence-electron chi connectivity index (χ3n) is 6.14. The van der Waals surface area contributed by atoms with E-state index in [0.717, 1.165) is 37.1 Å². The topological polar surface area (TPSA) is 167 Å². The lowest BCUT2D eigenvalue weighted by molar-refractivity contribution is 0.582. The van der Waals surface area contributed by atoms with Crippen LogP contribution in [0.2, 0.25) is 0 Å². The molecule has 2 rings (SSSR count). The van der Waals surface area contributed by atoms with Gasteiger partial charge in [0, 0.05) is 35.6 Å². The summed E-state index contributed by atoms with van der Waals surface area (Å²) >= 11 is 0. The van der Waals surface area contributed by atoms with Crippen LogP contribution in [-0.2, 0) is 0 Å². The van der Waals surface area contributed by atoms with Crippen molar-refractivity contribution in [1.29, 1.82) is 31.6 Å². The molecule has 0 fully saturated rings. The molecule has 0 amide bonds. The van der Waals surface area contributed by atoms with Gasteiger partial charge >= 0.3 is 0 Å². The molecule has 0 aromatic rings. The van der Waals surface area contributed by atoms with Gasteiger partial charge < -0.3 is 10.6 Å². The summed E-state index contributed by atoms with van der Waals surface area (Å²) in [4.78, 5) is 0. The number of hydrogen-bond acceptors (Lipinski definition) is 8. The molecule has 0 heterocycles. The van der Waals surface area contributed by atoms with Gasteiger partial charge in [0.05, 0.1) is 11.1 Å². The van der Waals surface area contributed by atoms with Crippen molar-refractivity contribution in [3.63, 3.8) is 0 Å². The fourth-order valence-corrected chi connectivity index (χ4v) is 4.53. The highest BCUT2D eigenvalue weighted by atomic mass is 14.9. The van der Waals surface area contributed by atoms with Crippen LogP contribution in [0.3, 0.4) is 0 Å². The molecule has 0 aromatic heterocycles. The van der Waals surface area contributed by atoms with Gasteiger partial charge in [0.1, 0.15) is 47.6 Å². The molecule has 0 aliphatic heterocycles. The molecular weight excluding hydrogens is 424 g/mol. The number of unbranched alkanes of at least 4 members (excludes halogenated alkanes) is 3. The van der Waals surface area contributed by atoms with Crippen LogP contribution >= 0.6 is 0 Å². The molecule has 2 aliphatic carbocycles. The van der Waals surface area contributed by atoms with E-state index < -0.39 is 0 Å². The second kappa shape index (κ2) is 12.5. The minimum absolute atomic E-state index is 0.0127. The molecule has 8 nitrogen and oxygen atoms in total. The van der Waals surface area contributed by atoms with E-state index in [1.54, 1.807) is 0 Å². The Morgan fingerprint density at radius 1 is 0.647 bits per heavy atom. The molecule has 2 aliphatic rings. The summed E-state index contributed by atoms with van der Waals surface area (Å²) in [5.74, 6) is -0.0626.